The van der Waals surface area contributed by atoms with Gasteiger partial charge in [-0.15, -0.1) is 0 Å². The topological polar surface area (TPSA) is 27.0 Å². The van der Waals surface area contributed by atoms with Crippen LogP contribution in [0.3, 0.4) is 0 Å². The molecule has 156 valence electrons. The molecule has 2 unspecified atom stereocenters. The average molecular weight is 395 g/mol. The Hall–Kier alpha value is -2.18. The van der Waals surface area contributed by atoms with Crippen molar-refractivity contribution >= 4 is 0 Å². The monoisotopic (exact) mass is 394 g/mol. The largest absolute Gasteiger partial charge is 0.294 e. The normalized spacial score (nSPS) is 14.8. The second-order valence-electron chi connectivity index (χ2n) is 8.60. The van der Waals surface area contributed by atoms with Gasteiger partial charge in [0.1, 0.15) is 5.82 Å². The van der Waals surface area contributed by atoms with E-state index in [0.717, 1.165) is 31.4 Å². The highest BCUT2D eigenvalue weighted by atomic mass is 19.1. The molecular formula is C26H35FN2. The van der Waals surface area contributed by atoms with E-state index < -0.39 is 5.41 Å². The molecule has 0 N–H and O–H groups in total. The first-order valence-electron chi connectivity index (χ1n) is 10.8. The van der Waals surface area contributed by atoms with Gasteiger partial charge < -0.3 is 0 Å². The van der Waals surface area contributed by atoms with Gasteiger partial charge in [0.05, 0.1) is 11.5 Å². The molecule has 2 atom stereocenters. The van der Waals surface area contributed by atoms with Crippen LogP contribution in [-0.2, 0) is 12.0 Å². The zero-order valence-corrected chi connectivity index (χ0v) is 18.5. The fourth-order valence-electron chi connectivity index (χ4n) is 4.29. The molecule has 3 heteroatoms. The SMILES string of the molecule is CCC(CCC(C#N)(c1ccc(F)cc1)C(C)C)N(Cc1ccccc1)C(C)C. The van der Waals surface area contributed by atoms with E-state index in [9.17, 15) is 9.65 Å². The molecule has 0 amide bonds. The number of halogens is 1. The first-order valence-corrected chi connectivity index (χ1v) is 10.8. The third-order valence-corrected chi connectivity index (χ3v) is 6.23. The maximum atomic E-state index is 13.5. The molecule has 0 spiro atoms. The zero-order chi connectivity index (χ0) is 21.4. The third-order valence-electron chi connectivity index (χ3n) is 6.23. The molecule has 0 heterocycles. The lowest BCUT2D eigenvalue weighted by atomic mass is 9.69. The molecule has 0 aromatic heterocycles. The number of hydrogen-bond donors (Lipinski definition) is 0. The highest BCUT2D eigenvalue weighted by Crippen LogP contribution is 2.38. The molecule has 0 aliphatic rings. The standard InChI is InChI=1S/C26H35FN2/c1-6-25(29(21(4)5)18-22-10-8-7-9-11-22)16-17-26(19-28,20(2)3)23-12-14-24(27)15-13-23/h7-15,20-21,25H,6,16-18H2,1-5H3. The van der Waals surface area contributed by atoms with Gasteiger partial charge in [-0.3, -0.25) is 4.90 Å². The Balaban J connectivity index is 2.24. The van der Waals surface area contributed by atoms with Gasteiger partial charge in [-0.1, -0.05) is 63.2 Å². The molecule has 0 radical (unpaired) electrons. The Kier molecular flexibility index (Phi) is 8.41. The molecule has 0 aliphatic heterocycles. The summed E-state index contributed by atoms with van der Waals surface area (Å²) in [6, 6.07) is 20.5. The zero-order valence-electron chi connectivity index (χ0n) is 18.5. The molecule has 2 aromatic rings. The Bertz CT molecular complexity index is 777. The first-order chi connectivity index (χ1) is 13.8. The molecule has 0 saturated heterocycles. The molecule has 2 rings (SSSR count). The van der Waals surface area contributed by atoms with Crippen LogP contribution in [-0.4, -0.2) is 17.0 Å². The summed E-state index contributed by atoms with van der Waals surface area (Å²) >= 11 is 0. The molecular weight excluding hydrogens is 359 g/mol. The highest BCUT2D eigenvalue weighted by molar-refractivity contribution is 5.33. The van der Waals surface area contributed by atoms with E-state index in [-0.39, 0.29) is 11.7 Å². The van der Waals surface area contributed by atoms with Gasteiger partial charge in [-0.2, -0.15) is 5.26 Å². The third kappa shape index (κ3) is 5.67. The van der Waals surface area contributed by atoms with Crippen LogP contribution in [0.25, 0.3) is 0 Å². The lowest BCUT2D eigenvalue weighted by Crippen LogP contribution is -2.41. The Morgan fingerprint density at radius 3 is 2.10 bits per heavy atom. The summed E-state index contributed by atoms with van der Waals surface area (Å²) in [5.41, 5.74) is 1.63. The van der Waals surface area contributed by atoms with Crippen molar-refractivity contribution in [1.82, 2.24) is 4.90 Å². The van der Waals surface area contributed by atoms with Crippen molar-refractivity contribution in [3.05, 3.63) is 71.5 Å². The van der Waals surface area contributed by atoms with Gasteiger partial charge in [0, 0.05) is 18.6 Å². The van der Waals surface area contributed by atoms with E-state index in [0.29, 0.717) is 12.1 Å². The fourth-order valence-corrected chi connectivity index (χ4v) is 4.29. The Morgan fingerprint density at radius 2 is 1.62 bits per heavy atom. The summed E-state index contributed by atoms with van der Waals surface area (Å²) in [5, 5.41) is 10.2. The van der Waals surface area contributed by atoms with Crippen LogP contribution >= 0.6 is 0 Å². The van der Waals surface area contributed by atoms with Crippen LogP contribution in [0.2, 0.25) is 0 Å². The number of nitrogens with zero attached hydrogens (tertiary/aromatic N) is 2. The molecule has 0 fully saturated rings. The number of nitriles is 1. The lowest BCUT2D eigenvalue weighted by molar-refractivity contribution is 0.123. The maximum absolute atomic E-state index is 13.5. The Labute approximate surface area is 176 Å². The van der Waals surface area contributed by atoms with E-state index in [2.05, 4.69) is 69.9 Å². The Morgan fingerprint density at radius 1 is 1.00 bits per heavy atom. The second-order valence-corrected chi connectivity index (χ2v) is 8.60. The summed E-state index contributed by atoms with van der Waals surface area (Å²) in [4.78, 5) is 2.54. The van der Waals surface area contributed by atoms with Crippen LogP contribution in [0.1, 0.15) is 65.0 Å². The number of benzene rings is 2. The molecule has 2 nitrogen and oxygen atoms in total. The summed E-state index contributed by atoms with van der Waals surface area (Å²) in [6.07, 6.45) is 2.74. The van der Waals surface area contributed by atoms with E-state index in [1.54, 1.807) is 12.1 Å². The van der Waals surface area contributed by atoms with Crippen molar-refractivity contribution in [2.45, 2.75) is 77.9 Å². The smallest absolute Gasteiger partial charge is 0.123 e. The fraction of sp³-hybridized carbons (Fsp3) is 0.500. The van der Waals surface area contributed by atoms with Gasteiger partial charge >= 0.3 is 0 Å². The lowest BCUT2D eigenvalue weighted by Gasteiger charge is -2.38. The van der Waals surface area contributed by atoms with Crippen molar-refractivity contribution in [3.8, 4) is 6.07 Å². The van der Waals surface area contributed by atoms with Gasteiger partial charge in [0.2, 0.25) is 0 Å². The molecule has 0 bridgehead atoms. The van der Waals surface area contributed by atoms with Gasteiger partial charge in [-0.25, -0.2) is 4.39 Å². The second kappa shape index (κ2) is 10.6. The van der Waals surface area contributed by atoms with E-state index in [1.807, 2.05) is 6.07 Å². The van der Waals surface area contributed by atoms with Gasteiger partial charge in [0.25, 0.3) is 0 Å². The summed E-state index contributed by atoms with van der Waals surface area (Å²) in [6.45, 7) is 11.8. The van der Waals surface area contributed by atoms with Gasteiger partial charge in [0.15, 0.2) is 0 Å². The van der Waals surface area contributed by atoms with Crippen molar-refractivity contribution < 1.29 is 4.39 Å². The summed E-state index contributed by atoms with van der Waals surface area (Å²) < 4.78 is 13.5. The van der Waals surface area contributed by atoms with Crippen molar-refractivity contribution in [2.75, 3.05) is 0 Å². The van der Waals surface area contributed by atoms with Crippen molar-refractivity contribution in [3.63, 3.8) is 0 Å². The van der Waals surface area contributed by atoms with Crippen LogP contribution in [0, 0.1) is 23.1 Å². The molecule has 0 aliphatic carbocycles. The van der Waals surface area contributed by atoms with Crippen LogP contribution in [0.4, 0.5) is 4.39 Å². The van der Waals surface area contributed by atoms with Crippen LogP contribution in [0.5, 0.6) is 0 Å². The van der Waals surface area contributed by atoms with E-state index in [4.69, 9.17) is 0 Å². The average Bonchev–Trinajstić information content (AvgIpc) is 2.71. The summed E-state index contributed by atoms with van der Waals surface area (Å²) in [5.74, 6) is -0.110. The highest BCUT2D eigenvalue weighted by Gasteiger charge is 2.37. The van der Waals surface area contributed by atoms with Crippen LogP contribution in [0.15, 0.2) is 54.6 Å². The number of hydrogen-bond acceptors (Lipinski definition) is 2. The molecule has 2 aromatic carbocycles. The predicted molar refractivity (Wildman–Crippen MR) is 119 cm³/mol. The van der Waals surface area contributed by atoms with E-state index in [1.165, 1.54) is 17.7 Å². The minimum atomic E-state index is -0.601. The minimum Gasteiger partial charge on any atom is -0.294 e. The molecule has 0 saturated carbocycles. The van der Waals surface area contributed by atoms with Crippen molar-refractivity contribution in [2.24, 2.45) is 5.92 Å². The summed E-state index contributed by atoms with van der Waals surface area (Å²) in [7, 11) is 0. The van der Waals surface area contributed by atoms with Gasteiger partial charge in [-0.05, 0) is 62.3 Å². The van der Waals surface area contributed by atoms with E-state index >= 15 is 0 Å². The van der Waals surface area contributed by atoms with Crippen LogP contribution < -0.4 is 0 Å². The predicted octanol–water partition coefficient (Wildman–Crippen LogP) is 6.71. The number of rotatable bonds is 10. The maximum Gasteiger partial charge on any atom is 0.123 e. The first kappa shape index (κ1) is 23.1. The van der Waals surface area contributed by atoms with Crippen molar-refractivity contribution in [1.29, 1.82) is 5.26 Å². The minimum absolute atomic E-state index is 0.150. The quantitative estimate of drug-likeness (QED) is 0.447. The molecule has 29 heavy (non-hydrogen) atoms.